The number of nitrogens with one attached hydrogen (secondary N) is 4. The molecule has 4 aromatic rings. The number of aromatic amines is 1. The number of benzene rings is 3. The van der Waals surface area contributed by atoms with Crippen LogP contribution in [0.25, 0.3) is 10.8 Å². The van der Waals surface area contributed by atoms with Crippen LogP contribution in [0.3, 0.4) is 0 Å². The van der Waals surface area contributed by atoms with Crippen LogP contribution in [-0.2, 0) is 43.3 Å². The van der Waals surface area contributed by atoms with Gasteiger partial charge >= 0.3 is 12.1 Å². The monoisotopic (exact) mass is 713 g/mol. The molecule has 0 saturated heterocycles. The van der Waals surface area contributed by atoms with E-state index >= 15 is 0 Å². The Balaban J connectivity index is 1.58. The van der Waals surface area contributed by atoms with Crippen LogP contribution in [0, 0.1) is 11.8 Å². The fourth-order valence-electron chi connectivity index (χ4n) is 5.71. The summed E-state index contributed by atoms with van der Waals surface area (Å²) in [5.41, 5.74) is -0.251. The number of alkyl carbamates (subject to hydrolysis) is 1. The average Bonchev–Trinajstić information content (AvgIpc) is 3.64. The fourth-order valence-corrected chi connectivity index (χ4v) is 5.71. The Morgan fingerprint density at radius 1 is 0.808 bits per heavy atom. The van der Waals surface area contributed by atoms with Crippen LogP contribution in [-0.4, -0.2) is 63.4 Å². The molecular weight excluding hydrogens is 662 g/mol. The van der Waals surface area contributed by atoms with Gasteiger partial charge in [-0.2, -0.15) is 0 Å². The van der Waals surface area contributed by atoms with E-state index in [-0.39, 0.29) is 38.4 Å². The van der Waals surface area contributed by atoms with Gasteiger partial charge in [0, 0.05) is 31.2 Å². The van der Waals surface area contributed by atoms with Gasteiger partial charge in [-0.25, -0.2) is 14.6 Å². The number of aromatic nitrogens is 2. The van der Waals surface area contributed by atoms with E-state index in [0.717, 1.165) is 34.7 Å². The largest absolute Gasteiger partial charge is 0.462 e. The number of nitrogens with zero attached hydrogens (tertiary/aromatic N) is 1. The lowest BCUT2D eigenvalue weighted by atomic mass is 9.98. The summed E-state index contributed by atoms with van der Waals surface area (Å²) in [5.74, 6) is -2.03. The van der Waals surface area contributed by atoms with Gasteiger partial charge in [-0.1, -0.05) is 113 Å². The third kappa shape index (κ3) is 12.2. The second kappa shape index (κ2) is 19.4. The molecule has 3 aromatic carbocycles. The lowest BCUT2D eigenvalue weighted by molar-refractivity contribution is -0.174. The molecule has 0 aliphatic heterocycles. The van der Waals surface area contributed by atoms with Crippen molar-refractivity contribution in [1.29, 1.82) is 0 Å². The molecule has 0 aliphatic rings. The van der Waals surface area contributed by atoms with Crippen LogP contribution in [0.1, 0.15) is 70.2 Å². The van der Waals surface area contributed by atoms with Gasteiger partial charge in [-0.05, 0) is 40.2 Å². The topological polar surface area (TPSA) is 172 Å². The van der Waals surface area contributed by atoms with E-state index in [1.807, 2.05) is 86.6 Å². The van der Waals surface area contributed by atoms with E-state index < -0.39 is 41.7 Å². The SMILES string of the molecule is CC(C)CCCCC(O)(NC(=O)[C@@H](Cc1cnc[nH]1)NC(=O)[C@@H](Cc1cccc2ccccc12)NC(=O)OCc1ccccc1)C(=O)OCC(C)C. The number of H-pyrrole nitrogens is 1. The van der Waals surface area contributed by atoms with E-state index in [1.54, 1.807) is 0 Å². The van der Waals surface area contributed by atoms with Crippen molar-refractivity contribution in [2.45, 2.75) is 90.6 Å². The number of ether oxygens (including phenoxy) is 2. The number of unbranched alkanes of at least 4 members (excludes halogenated alkanes) is 1. The molecular formula is C40H51N5O7. The Labute approximate surface area is 305 Å². The van der Waals surface area contributed by atoms with Crippen LogP contribution < -0.4 is 16.0 Å². The van der Waals surface area contributed by atoms with Gasteiger partial charge < -0.3 is 35.5 Å². The minimum absolute atomic E-state index is 0.00260. The Morgan fingerprint density at radius 2 is 1.52 bits per heavy atom. The maximum absolute atomic E-state index is 14.1. The molecule has 0 fully saturated rings. The van der Waals surface area contributed by atoms with E-state index in [9.17, 15) is 24.3 Å². The molecule has 3 atom stereocenters. The maximum atomic E-state index is 14.1. The molecule has 278 valence electrons. The summed E-state index contributed by atoms with van der Waals surface area (Å²) < 4.78 is 10.8. The lowest BCUT2D eigenvalue weighted by Crippen LogP contribution is -2.61. The lowest BCUT2D eigenvalue weighted by Gasteiger charge is -2.30. The number of carbonyl (C=O) groups excluding carboxylic acids is 4. The number of imidazole rings is 1. The standard InChI is InChI=1S/C40H51N5O7/c1-27(2)13-10-11-20-40(50,38(48)51-24-28(3)4)45-37(47)35(22-32-23-41-26-42-32)43-36(46)34(44-39(49)52-25-29-14-6-5-7-15-29)21-31-18-12-17-30-16-8-9-19-33(30)31/h5-9,12,14-19,23,26-28,34-35,50H,10-11,13,20-22,24-25H2,1-4H3,(H,41,42)(H,43,46)(H,44,49)(H,45,47)/t34-,35-,40?/m1/s1. The zero-order valence-corrected chi connectivity index (χ0v) is 30.4. The molecule has 52 heavy (non-hydrogen) atoms. The number of hydrogen-bond acceptors (Lipinski definition) is 8. The van der Waals surface area contributed by atoms with Crippen molar-refractivity contribution in [1.82, 2.24) is 25.9 Å². The van der Waals surface area contributed by atoms with Crippen LogP contribution >= 0.6 is 0 Å². The highest BCUT2D eigenvalue weighted by atomic mass is 16.6. The molecule has 1 heterocycles. The minimum atomic E-state index is -2.33. The maximum Gasteiger partial charge on any atom is 0.408 e. The first kappa shape index (κ1) is 39.6. The molecule has 4 rings (SSSR count). The molecule has 0 spiro atoms. The summed E-state index contributed by atoms with van der Waals surface area (Å²) >= 11 is 0. The smallest absolute Gasteiger partial charge is 0.408 e. The van der Waals surface area contributed by atoms with Crippen LogP contribution in [0.2, 0.25) is 0 Å². The average molecular weight is 714 g/mol. The Hall–Kier alpha value is -5.23. The Kier molecular flexibility index (Phi) is 14.8. The summed E-state index contributed by atoms with van der Waals surface area (Å²) in [6.07, 6.45) is 4.13. The van der Waals surface area contributed by atoms with Crippen molar-refractivity contribution in [3.63, 3.8) is 0 Å². The molecule has 1 unspecified atom stereocenters. The van der Waals surface area contributed by atoms with Crippen molar-refractivity contribution in [2.24, 2.45) is 11.8 Å². The quantitative estimate of drug-likeness (QED) is 0.0492. The highest BCUT2D eigenvalue weighted by Gasteiger charge is 2.41. The zero-order chi connectivity index (χ0) is 37.5. The molecule has 12 heteroatoms. The predicted octanol–water partition coefficient (Wildman–Crippen LogP) is 5.35. The fraction of sp³-hybridized carbons (Fsp3) is 0.425. The molecule has 0 radical (unpaired) electrons. The minimum Gasteiger partial charge on any atom is -0.462 e. The first-order chi connectivity index (χ1) is 24.9. The summed E-state index contributed by atoms with van der Waals surface area (Å²) in [6, 6.07) is 20.1. The Bertz CT molecular complexity index is 1740. The molecule has 1 aromatic heterocycles. The van der Waals surface area contributed by atoms with Crippen LogP contribution in [0.15, 0.2) is 85.3 Å². The zero-order valence-electron chi connectivity index (χ0n) is 30.4. The first-order valence-electron chi connectivity index (χ1n) is 17.9. The second-order valence-corrected chi connectivity index (χ2v) is 13.9. The molecule has 3 amide bonds. The van der Waals surface area contributed by atoms with E-state index in [1.165, 1.54) is 12.5 Å². The van der Waals surface area contributed by atoms with E-state index in [4.69, 9.17) is 9.47 Å². The van der Waals surface area contributed by atoms with Gasteiger partial charge in [0.1, 0.15) is 18.7 Å². The summed E-state index contributed by atoms with van der Waals surface area (Å²) in [6.45, 7) is 7.94. The van der Waals surface area contributed by atoms with Gasteiger partial charge in [-0.15, -0.1) is 0 Å². The normalized spacial score (nSPS) is 13.6. The highest BCUT2D eigenvalue weighted by molar-refractivity contribution is 5.94. The van der Waals surface area contributed by atoms with Gasteiger partial charge in [0.15, 0.2) is 0 Å². The van der Waals surface area contributed by atoms with E-state index in [2.05, 4.69) is 39.8 Å². The first-order valence-corrected chi connectivity index (χ1v) is 17.9. The molecule has 0 saturated carbocycles. The number of aliphatic hydroxyl groups is 1. The van der Waals surface area contributed by atoms with Crippen molar-refractivity contribution < 1.29 is 33.8 Å². The summed E-state index contributed by atoms with van der Waals surface area (Å²) in [4.78, 5) is 61.5. The number of esters is 1. The van der Waals surface area contributed by atoms with Gasteiger partial charge in [0.05, 0.1) is 12.9 Å². The molecule has 5 N–H and O–H groups in total. The summed E-state index contributed by atoms with van der Waals surface area (Å²) in [7, 11) is 0. The second-order valence-electron chi connectivity index (χ2n) is 13.9. The van der Waals surface area contributed by atoms with Gasteiger partial charge in [0.25, 0.3) is 0 Å². The molecule has 0 aliphatic carbocycles. The van der Waals surface area contributed by atoms with Crippen LogP contribution in [0.4, 0.5) is 4.79 Å². The van der Waals surface area contributed by atoms with Gasteiger partial charge in [0.2, 0.25) is 17.5 Å². The highest BCUT2D eigenvalue weighted by Crippen LogP contribution is 2.21. The molecule has 0 bridgehead atoms. The number of fused-ring (bicyclic) bond motifs is 1. The molecule has 12 nitrogen and oxygen atoms in total. The number of carbonyl (C=O) groups is 4. The van der Waals surface area contributed by atoms with Crippen molar-refractivity contribution in [3.8, 4) is 0 Å². The van der Waals surface area contributed by atoms with Crippen molar-refractivity contribution >= 4 is 34.6 Å². The van der Waals surface area contributed by atoms with Gasteiger partial charge in [-0.3, -0.25) is 9.59 Å². The van der Waals surface area contributed by atoms with Crippen LogP contribution in [0.5, 0.6) is 0 Å². The van der Waals surface area contributed by atoms with Crippen molar-refractivity contribution in [3.05, 3.63) is 102 Å². The van der Waals surface area contributed by atoms with Crippen molar-refractivity contribution in [2.75, 3.05) is 6.61 Å². The number of hydrogen-bond donors (Lipinski definition) is 5. The number of amides is 3. The third-order valence-corrected chi connectivity index (χ3v) is 8.52. The third-order valence-electron chi connectivity index (χ3n) is 8.52. The number of rotatable bonds is 19. The van der Waals surface area contributed by atoms with E-state index in [0.29, 0.717) is 18.0 Å². The predicted molar refractivity (Wildman–Crippen MR) is 198 cm³/mol. The Morgan fingerprint density at radius 3 is 2.23 bits per heavy atom. The summed E-state index contributed by atoms with van der Waals surface area (Å²) in [5, 5.41) is 21.4.